The summed E-state index contributed by atoms with van der Waals surface area (Å²) in [4.78, 5) is 65.2. The lowest BCUT2D eigenvalue weighted by atomic mass is 9.89. The van der Waals surface area contributed by atoms with Crippen LogP contribution < -0.4 is 21.3 Å². The molecule has 54 heavy (non-hydrogen) atoms. The first-order valence-electron chi connectivity index (χ1n) is 18.7. The number of aromatic amines is 1. The summed E-state index contributed by atoms with van der Waals surface area (Å²) in [6, 6.07) is 11.5. The van der Waals surface area contributed by atoms with Crippen LogP contribution in [-0.2, 0) is 22.6 Å². The van der Waals surface area contributed by atoms with E-state index in [1.54, 1.807) is 31.3 Å². The molecule has 1 unspecified atom stereocenters. The highest BCUT2D eigenvalue weighted by molar-refractivity contribution is 6.32. The zero-order valence-corrected chi connectivity index (χ0v) is 31.3. The molecule has 3 aromatic rings. The van der Waals surface area contributed by atoms with Crippen LogP contribution in [0.2, 0.25) is 5.02 Å². The van der Waals surface area contributed by atoms with E-state index in [1.165, 1.54) is 17.3 Å². The molecule has 6 N–H and O–H groups in total. The van der Waals surface area contributed by atoms with Crippen LogP contribution in [0, 0.1) is 11.3 Å². The zero-order chi connectivity index (χ0) is 37.9. The number of amidine groups is 1. The first-order valence-corrected chi connectivity index (χ1v) is 19.0. The highest BCUT2D eigenvalue weighted by Crippen LogP contribution is 2.34. The SMILES string of the molecule is CN/C(=C/C(=N)N1CCc2c(CN3CCC(CN4CCN(C(=O)c5ccc(Cl)c(C6CCC(=O)NC6=O)c5)CC4)CC3)cccc21)c1ncc(C(N)=O)[nH]1. The Labute approximate surface area is 319 Å². The van der Waals surface area contributed by atoms with Gasteiger partial charge in [-0.2, -0.15) is 0 Å². The molecule has 0 saturated carbocycles. The molecule has 14 nitrogen and oxygen atoms in total. The Morgan fingerprint density at radius 2 is 1.80 bits per heavy atom. The number of piperazine rings is 1. The number of imide groups is 1. The van der Waals surface area contributed by atoms with Gasteiger partial charge in [0.15, 0.2) is 5.82 Å². The highest BCUT2D eigenvalue weighted by atomic mass is 35.5. The molecule has 284 valence electrons. The lowest BCUT2D eigenvalue weighted by Crippen LogP contribution is -2.50. The van der Waals surface area contributed by atoms with Crippen molar-refractivity contribution >= 4 is 52.4 Å². The van der Waals surface area contributed by atoms with Gasteiger partial charge in [0, 0.05) is 81.6 Å². The molecule has 1 atom stereocenters. The van der Waals surface area contributed by atoms with Gasteiger partial charge < -0.3 is 25.8 Å². The fourth-order valence-electron chi connectivity index (χ4n) is 8.15. The number of halogens is 1. The number of nitrogens with zero attached hydrogens (tertiary/aromatic N) is 5. The second-order valence-corrected chi connectivity index (χ2v) is 15.0. The number of imidazole rings is 1. The Morgan fingerprint density at radius 1 is 1.02 bits per heavy atom. The van der Waals surface area contributed by atoms with E-state index in [2.05, 4.69) is 48.6 Å². The van der Waals surface area contributed by atoms with Crippen molar-refractivity contribution < 1.29 is 19.2 Å². The number of likely N-dealkylation sites (tertiary alicyclic amines) is 1. The number of amides is 4. The van der Waals surface area contributed by atoms with Crippen LogP contribution >= 0.6 is 11.6 Å². The predicted octanol–water partition coefficient (Wildman–Crippen LogP) is 2.95. The molecular weight excluding hydrogens is 708 g/mol. The molecular formula is C39H47ClN10O4. The molecule has 3 saturated heterocycles. The number of fused-ring (bicyclic) bond motifs is 1. The molecule has 4 aliphatic heterocycles. The Morgan fingerprint density at radius 3 is 2.50 bits per heavy atom. The van der Waals surface area contributed by atoms with Crippen molar-refractivity contribution in [2.75, 3.05) is 64.3 Å². The topological polar surface area (TPSA) is 184 Å². The van der Waals surface area contributed by atoms with Gasteiger partial charge in [-0.05, 0) is 85.6 Å². The van der Waals surface area contributed by atoms with Crippen LogP contribution in [0.3, 0.4) is 0 Å². The summed E-state index contributed by atoms with van der Waals surface area (Å²) in [7, 11) is 1.75. The number of carbonyl (C=O) groups excluding carboxylic acids is 4. The third-order valence-electron chi connectivity index (χ3n) is 11.2. The minimum atomic E-state index is -0.588. The lowest BCUT2D eigenvalue weighted by molar-refractivity contribution is -0.134. The van der Waals surface area contributed by atoms with E-state index in [0.717, 1.165) is 64.2 Å². The number of carbonyl (C=O) groups is 4. The maximum absolute atomic E-state index is 13.5. The van der Waals surface area contributed by atoms with E-state index in [-0.39, 0.29) is 29.8 Å². The average molecular weight is 755 g/mol. The second kappa shape index (κ2) is 16.1. The third-order valence-corrected chi connectivity index (χ3v) is 11.5. The first-order chi connectivity index (χ1) is 26.1. The molecule has 4 aliphatic rings. The second-order valence-electron chi connectivity index (χ2n) is 14.6. The van der Waals surface area contributed by atoms with Crippen molar-refractivity contribution in [2.45, 2.75) is 44.6 Å². The first kappa shape index (κ1) is 37.3. The molecule has 7 rings (SSSR count). The largest absolute Gasteiger partial charge is 0.385 e. The summed E-state index contributed by atoms with van der Waals surface area (Å²) in [5, 5.41) is 14.8. The van der Waals surface area contributed by atoms with Gasteiger partial charge in [-0.3, -0.25) is 39.7 Å². The van der Waals surface area contributed by atoms with Crippen LogP contribution in [0.1, 0.15) is 75.0 Å². The van der Waals surface area contributed by atoms with Gasteiger partial charge in [0.1, 0.15) is 11.5 Å². The maximum atomic E-state index is 13.5. The summed E-state index contributed by atoms with van der Waals surface area (Å²) in [6.07, 6.45) is 6.87. The number of anilines is 1. The van der Waals surface area contributed by atoms with E-state index in [1.807, 2.05) is 9.80 Å². The van der Waals surface area contributed by atoms with Gasteiger partial charge in [0.2, 0.25) is 11.8 Å². The lowest BCUT2D eigenvalue weighted by Gasteiger charge is -2.39. The molecule has 0 aliphatic carbocycles. The van der Waals surface area contributed by atoms with Gasteiger partial charge in [-0.25, -0.2) is 4.98 Å². The molecule has 0 spiro atoms. The number of benzene rings is 2. The summed E-state index contributed by atoms with van der Waals surface area (Å²) < 4.78 is 0. The number of rotatable bonds is 10. The number of nitrogens with one attached hydrogen (secondary N) is 4. The van der Waals surface area contributed by atoms with E-state index in [0.29, 0.717) is 65.5 Å². The van der Waals surface area contributed by atoms with Gasteiger partial charge in [0.25, 0.3) is 11.8 Å². The molecule has 1 aromatic heterocycles. The van der Waals surface area contributed by atoms with Crippen molar-refractivity contribution in [3.05, 3.63) is 87.5 Å². The van der Waals surface area contributed by atoms with E-state index in [9.17, 15) is 19.2 Å². The number of hydrogen-bond acceptors (Lipinski definition) is 9. The number of hydrogen-bond donors (Lipinski definition) is 5. The fraction of sp³-hybridized carbons (Fsp3) is 0.436. The Balaban J connectivity index is 0.885. The Hall–Kier alpha value is -5.05. The normalized spacial score (nSPS) is 20.2. The molecule has 5 heterocycles. The number of primary amides is 1. The standard InChI is InChI=1S/C39H47ClN10O4/c1-43-31(37-44-21-32(45-37)36(42)52)20-34(41)50-14-11-27-26(3-2-4-33(27)50)23-47-12-9-24(10-13-47)22-48-15-17-49(18-16-48)39(54)25-5-7-30(40)29(19-25)28-6-8-35(51)46-38(28)53/h2-5,7,19-21,24,28,41,43H,6,8-18,22-23H2,1H3,(H2,42,52)(H,44,45)(H,46,51,53)/b31-20+,41-34?. The van der Waals surface area contributed by atoms with Gasteiger partial charge >= 0.3 is 0 Å². The summed E-state index contributed by atoms with van der Waals surface area (Å²) in [5.41, 5.74) is 10.9. The van der Waals surface area contributed by atoms with E-state index >= 15 is 0 Å². The Bertz CT molecular complexity index is 1980. The van der Waals surface area contributed by atoms with Gasteiger partial charge in [0.05, 0.1) is 17.8 Å². The average Bonchev–Trinajstić information content (AvgIpc) is 3.84. The molecule has 4 amide bonds. The fourth-order valence-corrected chi connectivity index (χ4v) is 8.39. The van der Waals surface area contributed by atoms with Gasteiger partial charge in [-0.15, -0.1) is 0 Å². The molecule has 0 bridgehead atoms. The van der Waals surface area contributed by atoms with Crippen molar-refractivity contribution in [1.29, 1.82) is 5.41 Å². The number of nitrogens with two attached hydrogens (primary N) is 1. The predicted molar refractivity (Wildman–Crippen MR) is 206 cm³/mol. The zero-order valence-electron chi connectivity index (χ0n) is 30.5. The van der Waals surface area contributed by atoms with Crippen molar-refractivity contribution in [1.82, 2.24) is 35.3 Å². The highest BCUT2D eigenvalue weighted by Gasteiger charge is 2.32. The summed E-state index contributed by atoms with van der Waals surface area (Å²) >= 11 is 6.44. The quantitative estimate of drug-likeness (QED) is 0.118. The number of piperidine rings is 2. The van der Waals surface area contributed by atoms with Crippen LogP contribution in [0.25, 0.3) is 5.70 Å². The van der Waals surface area contributed by atoms with Gasteiger partial charge in [-0.1, -0.05) is 23.7 Å². The van der Waals surface area contributed by atoms with Crippen LogP contribution in [-0.4, -0.2) is 114 Å². The molecule has 3 fully saturated rings. The minimum Gasteiger partial charge on any atom is -0.385 e. The maximum Gasteiger partial charge on any atom is 0.266 e. The van der Waals surface area contributed by atoms with Crippen molar-refractivity contribution in [3.63, 3.8) is 0 Å². The molecule has 15 heteroatoms. The summed E-state index contributed by atoms with van der Waals surface area (Å²) in [6.45, 7) is 7.62. The number of H-pyrrole nitrogens is 1. The minimum absolute atomic E-state index is 0.0613. The van der Waals surface area contributed by atoms with Crippen LogP contribution in [0.4, 0.5) is 5.69 Å². The molecule has 0 radical (unpaired) electrons. The van der Waals surface area contributed by atoms with E-state index in [4.69, 9.17) is 22.7 Å². The van der Waals surface area contributed by atoms with E-state index < -0.39 is 11.8 Å². The smallest absolute Gasteiger partial charge is 0.266 e. The van der Waals surface area contributed by atoms with Crippen LogP contribution in [0.15, 0.2) is 48.7 Å². The Kier molecular flexibility index (Phi) is 11.1. The third kappa shape index (κ3) is 8.05. The van der Waals surface area contributed by atoms with Crippen molar-refractivity contribution in [2.24, 2.45) is 11.7 Å². The van der Waals surface area contributed by atoms with Crippen LogP contribution in [0.5, 0.6) is 0 Å². The molecule has 2 aromatic carbocycles. The van der Waals surface area contributed by atoms with Crippen molar-refractivity contribution in [3.8, 4) is 0 Å². The summed E-state index contributed by atoms with van der Waals surface area (Å²) in [5.74, 6) is -0.449. The number of aromatic nitrogens is 2. The monoisotopic (exact) mass is 754 g/mol.